The van der Waals surface area contributed by atoms with Gasteiger partial charge in [-0.1, -0.05) is 42.5 Å². The Morgan fingerprint density at radius 2 is 1.75 bits per heavy atom. The third kappa shape index (κ3) is 3.85. The van der Waals surface area contributed by atoms with Crippen LogP contribution < -0.4 is 5.32 Å². The average molecular weight is 343 g/mol. The van der Waals surface area contributed by atoms with Gasteiger partial charge in [0.25, 0.3) is 0 Å². The number of rotatable bonds is 5. The highest BCUT2D eigenvalue weighted by molar-refractivity contribution is 7.91. The Hall–Kier alpha value is -2.14. The minimum atomic E-state index is -3.34. The van der Waals surface area contributed by atoms with Crippen molar-refractivity contribution in [3.63, 3.8) is 0 Å². The first-order valence-corrected chi connectivity index (χ1v) is 9.92. The summed E-state index contributed by atoms with van der Waals surface area (Å²) in [5.41, 5.74) is 2.71. The molecule has 2 aromatic rings. The standard InChI is InChI=1S/C19H21NO3S/c21-19(20-16-9-2-1-3-10-16)13-14-24(22,23)18-12-6-8-15-7-4-5-11-17(15)18/h1-5,7,9-11,18H,6,8,12-14H2,(H,20,21)/t18-/m0/s1. The van der Waals surface area contributed by atoms with Crippen LogP contribution in [0.4, 0.5) is 5.69 Å². The summed E-state index contributed by atoms with van der Waals surface area (Å²) in [5, 5.41) is 2.25. The molecule has 4 nitrogen and oxygen atoms in total. The van der Waals surface area contributed by atoms with Gasteiger partial charge in [-0.25, -0.2) is 8.42 Å². The van der Waals surface area contributed by atoms with Gasteiger partial charge in [0.15, 0.2) is 9.84 Å². The van der Waals surface area contributed by atoms with Gasteiger partial charge >= 0.3 is 0 Å². The summed E-state index contributed by atoms with van der Waals surface area (Å²) in [6.45, 7) is 0. The fraction of sp³-hybridized carbons (Fsp3) is 0.316. The van der Waals surface area contributed by atoms with E-state index in [1.54, 1.807) is 12.1 Å². The molecular formula is C19H21NO3S. The van der Waals surface area contributed by atoms with Gasteiger partial charge in [-0.15, -0.1) is 0 Å². The van der Waals surface area contributed by atoms with Crippen molar-refractivity contribution in [2.45, 2.75) is 30.9 Å². The van der Waals surface area contributed by atoms with E-state index in [0.717, 1.165) is 24.0 Å². The average Bonchev–Trinajstić information content (AvgIpc) is 2.60. The van der Waals surface area contributed by atoms with Crippen molar-refractivity contribution in [2.24, 2.45) is 0 Å². The predicted octanol–water partition coefficient (Wildman–Crippen LogP) is 3.51. The highest BCUT2D eigenvalue weighted by atomic mass is 32.2. The maximum atomic E-state index is 12.7. The van der Waals surface area contributed by atoms with Gasteiger partial charge in [0.1, 0.15) is 0 Å². The molecule has 0 saturated carbocycles. The van der Waals surface area contributed by atoms with Gasteiger partial charge in [0, 0.05) is 12.1 Å². The van der Waals surface area contributed by atoms with E-state index >= 15 is 0 Å². The minimum Gasteiger partial charge on any atom is -0.326 e. The summed E-state index contributed by atoms with van der Waals surface area (Å²) in [6, 6.07) is 16.8. The van der Waals surface area contributed by atoms with Gasteiger partial charge in [0.2, 0.25) is 5.91 Å². The lowest BCUT2D eigenvalue weighted by atomic mass is 9.91. The first-order chi connectivity index (χ1) is 11.6. The monoisotopic (exact) mass is 343 g/mol. The molecule has 24 heavy (non-hydrogen) atoms. The second kappa shape index (κ2) is 7.18. The highest BCUT2D eigenvalue weighted by Gasteiger charge is 2.31. The minimum absolute atomic E-state index is 0.0180. The molecule has 1 aliphatic rings. The Bertz CT molecular complexity index is 816. The summed E-state index contributed by atoms with van der Waals surface area (Å²) < 4.78 is 25.5. The second-order valence-electron chi connectivity index (χ2n) is 6.11. The lowest BCUT2D eigenvalue weighted by molar-refractivity contribution is -0.115. The molecular weight excluding hydrogens is 322 g/mol. The predicted molar refractivity (Wildman–Crippen MR) is 95.6 cm³/mol. The molecule has 0 fully saturated rings. The van der Waals surface area contributed by atoms with Crippen molar-refractivity contribution < 1.29 is 13.2 Å². The van der Waals surface area contributed by atoms with Gasteiger partial charge in [-0.2, -0.15) is 0 Å². The van der Waals surface area contributed by atoms with Crippen molar-refractivity contribution >= 4 is 21.4 Å². The van der Waals surface area contributed by atoms with E-state index in [4.69, 9.17) is 0 Å². The number of amides is 1. The van der Waals surface area contributed by atoms with E-state index in [2.05, 4.69) is 5.32 Å². The Kier molecular flexibility index (Phi) is 5.00. The number of sulfone groups is 1. The van der Waals surface area contributed by atoms with Crippen LogP contribution in [0.2, 0.25) is 0 Å². The van der Waals surface area contributed by atoms with E-state index in [1.807, 2.05) is 42.5 Å². The molecule has 0 aromatic heterocycles. The van der Waals surface area contributed by atoms with Crippen LogP contribution >= 0.6 is 0 Å². The van der Waals surface area contributed by atoms with Crippen LogP contribution in [0.1, 0.15) is 35.6 Å². The highest BCUT2D eigenvalue weighted by Crippen LogP contribution is 2.36. The van der Waals surface area contributed by atoms with Crippen molar-refractivity contribution in [1.29, 1.82) is 0 Å². The maximum Gasteiger partial charge on any atom is 0.225 e. The molecule has 0 spiro atoms. The number of nitrogens with one attached hydrogen (secondary N) is 1. The third-order valence-corrected chi connectivity index (χ3v) is 6.55. The number of aryl methyl sites for hydroxylation is 1. The van der Waals surface area contributed by atoms with Crippen LogP contribution in [0.15, 0.2) is 54.6 Å². The van der Waals surface area contributed by atoms with Crippen molar-refractivity contribution in [1.82, 2.24) is 0 Å². The largest absolute Gasteiger partial charge is 0.326 e. The Morgan fingerprint density at radius 3 is 2.54 bits per heavy atom. The van der Waals surface area contributed by atoms with Crippen molar-refractivity contribution in [2.75, 3.05) is 11.1 Å². The molecule has 0 unspecified atom stereocenters. The molecule has 2 aromatic carbocycles. The molecule has 0 aliphatic heterocycles. The zero-order valence-electron chi connectivity index (χ0n) is 13.4. The Balaban J connectivity index is 1.66. The van der Waals surface area contributed by atoms with E-state index in [9.17, 15) is 13.2 Å². The molecule has 1 aliphatic carbocycles. The first-order valence-electron chi connectivity index (χ1n) is 8.20. The molecule has 5 heteroatoms. The van der Waals surface area contributed by atoms with Crippen LogP contribution in [0.25, 0.3) is 0 Å². The van der Waals surface area contributed by atoms with Gasteiger partial charge in [-0.3, -0.25) is 4.79 Å². The number of hydrogen-bond acceptors (Lipinski definition) is 3. The van der Waals surface area contributed by atoms with Gasteiger partial charge in [-0.05, 0) is 42.5 Å². The molecule has 3 rings (SSSR count). The SMILES string of the molecule is O=C(CCS(=O)(=O)[C@H]1CCCc2ccccc21)Nc1ccccc1. The molecule has 1 N–H and O–H groups in total. The number of benzene rings is 2. The number of hydrogen-bond donors (Lipinski definition) is 1. The number of carbonyl (C=O) groups excluding carboxylic acids is 1. The summed E-state index contributed by atoms with van der Waals surface area (Å²) in [6.07, 6.45) is 2.42. The van der Waals surface area contributed by atoms with E-state index in [-0.39, 0.29) is 18.1 Å². The molecule has 0 saturated heterocycles. The molecule has 0 radical (unpaired) electrons. The summed E-state index contributed by atoms with van der Waals surface area (Å²) >= 11 is 0. The fourth-order valence-electron chi connectivity index (χ4n) is 3.20. The Labute approximate surface area is 142 Å². The zero-order chi connectivity index (χ0) is 17.0. The van der Waals surface area contributed by atoms with Gasteiger partial charge < -0.3 is 5.32 Å². The van der Waals surface area contributed by atoms with Crippen LogP contribution in [-0.4, -0.2) is 20.1 Å². The third-order valence-electron chi connectivity index (χ3n) is 4.42. The van der Waals surface area contributed by atoms with Crippen LogP contribution in [-0.2, 0) is 21.1 Å². The van der Waals surface area contributed by atoms with Crippen LogP contribution in [0.3, 0.4) is 0 Å². The first kappa shape index (κ1) is 16.7. The van der Waals surface area contributed by atoms with Crippen molar-refractivity contribution in [3.8, 4) is 0 Å². The normalized spacial score (nSPS) is 17.1. The second-order valence-corrected chi connectivity index (χ2v) is 8.41. The molecule has 0 bridgehead atoms. The van der Waals surface area contributed by atoms with E-state index in [0.29, 0.717) is 12.1 Å². The molecule has 1 amide bonds. The maximum absolute atomic E-state index is 12.7. The van der Waals surface area contributed by atoms with Gasteiger partial charge in [0.05, 0.1) is 11.0 Å². The lowest BCUT2D eigenvalue weighted by Crippen LogP contribution is -2.24. The molecule has 0 heterocycles. The topological polar surface area (TPSA) is 63.2 Å². The van der Waals surface area contributed by atoms with E-state index < -0.39 is 15.1 Å². The summed E-state index contributed by atoms with van der Waals surface area (Å²) in [7, 11) is -3.34. The van der Waals surface area contributed by atoms with Crippen molar-refractivity contribution in [3.05, 3.63) is 65.7 Å². The number of para-hydroxylation sites is 1. The summed E-state index contributed by atoms with van der Waals surface area (Å²) in [5.74, 6) is -0.390. The summed E-state index contributed by atoms with van der Waals surface area (Å²) in [4.78, 5) is 12.0. The quantitative estimate of drug-likeness (QED) is 0.903. The smallest absolute Gasteiger partial charge is 0.225 e. The molecule has 1 atom stereocenters. The fourth-order valence-corrected chi connectivity index (χ4v) is 5.10. The van der Waals surface area contributed by atoms with Crippen LogP contribution in [0, 0.1) is 0 Å². The number of fused-ring (bicyclic) bond motifs is 1. The number of anilines is 1. The Morgan fingerprint density at radius 1 is 1.04 bits per heavy atom. The number of carbonyl (C=O) groups is 1. The van der Waals surface area contributed by atoms with Crippen LogP contribution in [0.5, 0.6) is 0 Å². The lowest BCUT2D eigenvalue weighted by Gasteiger charge is -2.25. The van der Waals surface area contributed by atoms with E-state index in [1.165, 1.54) is 0 Å². The zero-order valence-corrected chi connectivity index (χ0v) is 14.3. The molecule has 126 valence electrons.